The summed E-state index contributed by atoms with van der Waals surface area (Å²) in [7, 11) is 3.03. The van der Waals surface area contributed by atoms with E-state index in [4.69, 9.17) is 15.2 Å². The standard InChI is InChI=1S/C14H19NO3/c1-17-12-5-3-10(4-6-12)11-7-8-14(15,9-11)13(16)18-2/h3-6,11H,7-9,15H2,1-2H3/t11-,14+/m0/s1. The van der Waals surface area contributed by atoms with E-state index in [1.54, 1.807) is 7.11 Å². The molecule has 4 nitrogen and oxygen atoms in total. The monoisotopic (exact) mass is 249 g/mol. The quantitative estimate of drug-likeness (QED) is 0.830. The third kappa shape index (κ3) is 2.34. The lowest BCUT2D eigenvalue weighted by Crippen LogP contribution is -2.46. The summed E-state index contributed by atoms with van der Waals surface area (Å²) in [4.78, 5) is 11.6. The summed E-state index contributed by atoms with van der Waals surface area (Å²) in [5, 5.41) is 0. The van der Waals surface area contributed by atoms with Crippen molar-refractivity contribution >= 4 is 5.97 Å². The van der Waals surface area contributed by atoms with Gasteiger partial charge in [0.15, 0.2) is 0 Å². The highest BCUT2D eigenvalue weighted by atomic mass is 16.5. The number of nitrogens with two attached hydrogens (primary N) is 1. The predicted octanol–water partition coefficient (Wildman–Crippen LogP) is 1.83. The topological polar surface area (TPSA) is 61.5 Å². The van der Waals surface area contributed by atoms with E-state index >= 15 is 0 Å². The molecule has 1 aliphatic rings. The van der Waals surface area contributed by atoms with Crippen LogP contribution in [0.1, 0.15) is 30.7 Å². The smallest absolute Gasteiger partial charge is 0.325 e. The Balaban J connectivity index is 2.10. The van der Waals surface area contributed by atoms with Crippen LogP contribution in [0.4, 0.5) is 0 Å². The van der Waals surface area contributed by atoms with Gasteiger partial charge in [0.1, 0.15) is 11.3 Å². The fourth-order valence-corrected chi connectivity index (χ4v) is 2.62. The van der Waals surface area contributed by atoms with Gasteiger partial charge in [-0.05, 0) is 42.9 Å². The second kappa shape index (κ2) is 4.98. The van der Waals surface area contributed by atoms with Gasteiger partial charge < -0.3 is 15.2 Å². The van der Waals surface area contributed by atoms with Crippen LogP contribution in [0.3, 0.4) is 0 Å². The molecule has 2 N–H and O–H groups in total. The van der Waals surface area contributed by atoms with Crippen LogP contribution in [0.15, 0.2) is 24.3 Å². The third-order valence-corrected chi connectivity index (χ3v) is 3.73. The van der Waals surface area contributed by atoms with Crippen LogP contribution in [0, 0.1) is 0 Å². The van der Waals surface area contributed by atoms with E-state index in [9.17, 15) is 4.79 Å². The Hall–Kier alpha value is -1.55. The van der Waals surface area contributed by atoms with Gasteiger partial charge in [-0.3, -0.25) is 4.79 Å². The van der Waals surface area contributed by atoms with Crippen molar-refractivity contribution in [3.05, 3.63) is 29.8 Å². The lowest BCUT2D eigenvalue weighted by molar-refractivity contribution is -0.146. The maximum atomic E-state index is 11.6. The average molecular weight is 249 g/mol. The molecule has 1 aromatic rings. The first-order chi connectivity index (χ1) is 8.59. The Labute approximate surface area is 107 Å². The van der Waals surface area contributed by atoms with Gasteiger partial charge in [0, 0.05) is 0 Å². The first kappa shape index (κ1) is 12.9. The first-order valence-corrected chi connectivity index (χ1v) is 6.10. The minimum atomic E-state index is -0.820. The first-order valence-electron chi connectivity index (χ1n) is 6.10. The van der Waals surface area contributed by atoms with Crippen molar-refractivity contribution in [1.82, 2.24) is 0 Å². The highest BCUT2D eigenvalue weighted by Crippen LogP contribution is 2.40. The largest absolute Gasteiger partial charge is 0.497 e. The molecule has 0 heterocycles. The molecule has 0 bridgehead atoms. The minimum absolute atomic E-state index is 0.307. The molecule has 98 valence electrons. The molecule has 0 spiro atoms. The van der Waals surface area contributed by atoms with E-state index in [0.29, 0.717) is 18.8 Å². The number of hydrogen-bond acceptors (Lipinski definition) is 4. The maximum Gasteiger partial charge on any atom is 0.325 e. The van der Waals surface area contributed by atoms with Crippen LogP contribution in [0.5, 0.6) is 5.75 Å². The van der Waals surface area contributed by atoms with E-state index in [2.05, 4.69) is 0 Å². The number of carbonyl (C=O) groups excluding carboxylic acids is 1. The van der Waals surface area contributed by atoms with Crippen molar-refractivity contribution in [2.24, 2.45) is 5.73 Å². The molecule has 0 amide bonds. The van der Waals surface area contributed by atoms with Crippen molar-refractivity contribution in [1.29, 1.82) is 0 Å². The second-order valence-corrected chi connectivity index (χ2v) is 4.86. The second-order valence-electron chi connectivity index (χ2n) is 4.86. The van der Waals surface area contributed by atoms with Gasteiger partial charge in [-0.1, -0.05) is 12.1 Å². The van der Waals surface area contributed by atoms with Crippen LogP contribution in [-0.4, -0.2) is 25.7 Å². The minimum Gasteiger partial charge on any atom is -0.497 e. The Bertz CT molecular complexity index is 429. The zero-order valence-corrected chi connectivity index (χ0v) is 10.8. The summed E-state index contributed by atoms with van der Waals surface area (Å²) < 4.78 is 9.90. The highest BCUT2D eigenvalue weighted by molar-refractivity contribution is 5.81. The lowest BCUT2D eigenvalue weighted by Gasteiger charge is -2.20. The average Bonchev–Trinajstić information content (AvgIpc) is 2.82. The normalized spacial score (nSPS) is 26.9. The van der Waals surface area contributed by atoms with Crippen LogP contribution in [-0.2, 0) is 9.53 Å². The van der Waals surface area contributed by atoms with Crippen molar-refractivity contribution in [2.75, 3.05) is 14.2 Å². The zero-order chi connectivity index (χ0) is 13.2. The van der Waals surface area contributed by atoms with Gasteiger partial charge in [0.25, 0.3) is 0 Å². The Morgan fingerprint density at radius 1 is 1.33 bits per heavy atom. The molecule has 0 unspecified atom stereocenters. The van der Waals surface area contributed by atoms with Crippen molar-refractivity contribution in [2.45, 2.75) is 30.7 Å². The molecular weight excluding hydrogens is 230 g/mol. The predicted molar refractivity (Wildman–Crippen MR) is 68.5 cm³/mol. The number of carbonyl (C=O) groups is 1. The van der Waals surface area contributed by atoms with Gasteiger partial charge in [-0.15, -0.1) is 0 Å². The van der Waals surface area contributed by atoms with Crippen LogP contribution in [0.2, 0.25) is 0 Å². The zero-order valence-electron chi connectivity index (χ0n) is 10.8. The summed E-state index contributed by atoms with van der Waals surface area (Å²) in [6.45, 7) is 0. The summed E-state index contributed by atoms with van der Waals surface area (Å²) in [6.07, 6.45) is 2.24. The Morgan fingerprint density at radius 2 is 2.00 bits per heavy atom. The molecule has 2 rings (SSSR count). The van der Waals surface area contributed by atoms with Gasteiger partial charge in [0.05, 0.1) is 14.2 Å². The molecule has 1 fully saturated rings. The number of methoxy groups -OCH3 is 2. The molecule has 2 atom stereocenters. The van der Waals surface area contributed by atoms with Crippen molar-refractivity contribution < 1.29 is 14.3 Å². The summed E-state index contributed by atoms with van der Waals surface area (Å²) in [6, 6.07) is 7.94. The fraction of sp³-hybridized carbons (Fsp3) is 0.500. The van der Waals surface area contributed by atoms with Crippen molar-refractivity contribution in [3.63, 3.8) is 0 Å². The van der Waals surface area contributed by atoms with Gasteiger partial charge in [0.2, 0.25) is 0 Å². The van der Waals surface area contributed by atoms with Gasteiger partial charge >= 0.3 is 5.97 Å². The van der Waals surface area contributed by atoms with E-state index < -0.39 is 5.54 Å². The number of hydrogen-bond donors (Lipinski definition) is 1. The molecule has 0 aliphatic heterocycles. The summed E-state index contributed by atoms with van der Waals surface area (Å²) in [5.41, 5.74) is 6.48. The molecule has 18 heavy (non-hydrogen) atoms. The Morgan fingerprint density at radius 3 is 2.56 bits per heavy atom. The molecule has 1 saturated carbocycles. The molecule has 0 radical (unpaired) electrons. The van der Waals surface area contributed by atoms with Crippen LogP contribution in [0.25, 0.3) is 0 Å². The van der Waals surface area contributed by atoms with E-state index in [1.165, 1.54) is 12.7 Å². The molecule has 1 aromatic carbocycles. The SMILES string of the molecule is COC(=O)[C@@]1(N)CC[C@H](c2ccc(OC)cc2)C1. The molecular formula is C14H19NO3. The molecule has 1 aliphatic carbocycles. The molecule has 0 aromatic heterocycles. The number of esters is 1. The van der Waals surface area contributed by atoms with Crippen molar-refractivity contribution in [3.8, 4) is 5.75 Å². The summed E-state index contributed by atoms with van der Waals surface area (Å²) in [5.74, 6) is 0.849. The number of benzene rings is 1. The van der Waals surface area contributed by atoms with E-state index in [1.807, 2.05) is 24.3 Å². The third-order valence-electron chi connectivity index (χ3n) is 3.73. The number of ether oxygens (including phenoxy) is 2. The van der Waals surface area contributed by atoms with Crippen LogP contribution >= 0.6 is 0 Å². The van der Waals surface area contributed by atoms with E-state index in [0.717, 1.165) is 12.2 Å². The lowest BCUT2D eigenvalue weighted by atomic mass is 9.93. The number of rotatable bonds is 3. The molecule has 4 heteroatoms. The highest BCUT2D eigenvalue weighted by Gasteiger charge is 2.43. The van der Waals surface area contributed by atoms with Gasteiger partial charge in [-0.2, -0.15) is 0 Å². The fourth-order valence-electron chi connectivity index (χ4n) is 2.62. The maximum absolute atomic E-state index is 11.6. The molecule has 0 saturated heterocycles. The Kier molecular flexibility index (Phi) is 3.57. The van der Waals surface area contributed by atoms with E-state index in [-0.39, 0.29) is 5.97 Å². The van der Waals surface area contributed by atoms with Crippen LogP contribution < -0.4 is 10.5 Å². The summed E-state index contributed by atoms with van der Waals surface area (Å²) >= 11 is 0. The van der Waals surface area contributed by atoms with Gasteiger partial charge in [-0.25, -0.2) is 0 Å².